The fourth-order valence-electron chi connectivity index (χ4n) is 3.50. The standard InChI is InChI=1S/C19H24BrN3O9/c1-11(24)22-19(20,12-5-3-2-4-6-12)23-18(9-15(29)30,10-16(31)32)17(21,7-13(25)26)8-14(27)28/h2-6,23H,7-10,21H2,1H3,(H,22,24)(H,25,26)(H,27,28)(H,29,30)(H,31,32). The number of amides is 1. The van der Waals surface area contributed by atoms with Crippen molar-refractivity contribution in [3.8, 4) is 0 Å². The summed E-state index contributed by atoms with van der Waals surface area (Å²) < 4.78 is -1.83. The minimum absolute atomic E-state index is 0.281. The number of hydrogen-bond donors (Lipinski definition) is 7. The first-order valence-electron chi connectivity index (χ1n) is 9.13. The highest BCUT2D eigenvalue weighted by molar-refractivity contribution is 9.09. The topological polar surface area (TPSA) is 216 Å². The number of aliphatic carboxylic acids is 4. The monoisotopic (exact) mass is 517 g/mol. The number of hydrogen-bond acceptors (Lipinski definition) is 7. The van der Waals surface area contributed by atoms with Gasteiger partial charge in [0.05, 0.1) is 36.8 Å². The van der Waals surface area contributed by atoms with E-state index >= 15 is 0 Å². The van der Waals surface area contributed by atoms with Gasteiger partial charge in [0.2, 0.25) is 5.91 Å². The first-order valence-corrected chi connectivity index (χ1v) is 9.92. The molecule has 0 spiro atoms. The van der Waals surface area contributed by atoms with E-state index in [1.165, 1.54) is 12.1 Å². The van der Waals surface area contributed by atoms with Gasteiger partial charge in [0.15, 0.2) is 4.57 Å². The number of carbonyl (C=O) groups excluding carboxylic acids is 1. The molecule has 0 aromatic heterocycles. The number of benzene rings is 1. The molecule has 13 heteroatoms. The number of rotatable bonds is 13. The van der Waals surface area contributed by atoms with Crippen molar-refractivity contribution in [2.75, 3.05) is 0 Å². The van der Waals surface area contributed by atoms with Gasteiger partial charge >= 0.3 is 23.9 Å². The highest BCUT2D eigenvalue weighted by atomic mass is 79.9. The molecule has 0 aliphatic carbocycles. The van der Waals surface area contributed by atoms with Gasteiger partial charge in [0, 0.05) is 12.5 Å². The van der Waals surface area contributed by atoms with Crippen molar-refractivity contribution in [1.82, 2.24) is 10.6 Å². The molecular formula is C19H24BrN3O9. The smallest absolute Gasteiger partial charge is 0.305 e. The second-order valence-corrected chi connectivity index (χ2v) is 8.54. The summed E-state index contributed by atoms with van der Waals surface area (Å²) in [6.45, 7) is 1.14. The molecule has 8 N–H and O–H groups in total. The van der Waals surface area contributed by atoms with Crippen LogP contribution in [-0.2, 0) is 28.5 Å². The van der Waals surface area contributed by atoms with E-state index in [4.69, 9.17) is 5.73 Å². The summed E-state index contributed by atoms with van der Waals surface area (Å²) in [4.78, 5) is 58.6. The van der Waals surface area contributed by atoms with Crippen LogP contribution < -0.4 is 16.4 Å². The van der Waals surface area contributed by atoms with Crippen LogP contribution in [0.2, 0.25) is 0 Å². The highest BCUT2D eigenvalue weighted by Crippen LogP contribution is 2.39. The lowest BCUT2D eigenvalue weighted by molar-refractivity contribution is -0.152. The first-order chi connectivity index (χ1) is 14.6. The van der Waals surface area contributed by atoms with Crippen LogP contribution in [0.5, 0.6) is 0 Å². The molecule has 1 atom stereocenters. The molecule has 1 amide bonds. The fraction of sp³-hybridized carbons (Fsp3) is 0.421. The Morgan fingerprint density at radius 1 is 0.844 bits per heavy atom. The SMILES string of the molecule is CC(=O)NC(Br)(NC(CC(=O)O)(CC(=O)O)C(N)(CC(=O)O)CC(=O)O)c1ccccc1. The largest absolute Gasteiger partial charge is 0.481 e. The Balaban J connectivity index is 3.86. The summed E-state index contributed by atoms with van der Waals surface area (Å²) in [7, 11) is 0. The van der Waals surface area contributed by atoms with Gasteiger partial charge in [-0.05, 0) is 15.9 Å². The van der Waals surface area contributed by atoms with Crippen LogP contribution in [0.25, 0.3) is 0 Å². The number of carbonyl (C=O) groups is 5. The van der Waals surface area contributed by atoms with Crippen molar-refractivity contribution in [2.45, 2.75) is 48.3 Å². The van der Waals surface area contributed by atoms with Gasteiger partial charge in [0.25, 0.3) is 0 Å². The number of carboxylic acid groups (broad SMARTS) is 4. The minimum atomic E-state index is -2.41. The van der Waals surface area contributed by atoms with Crippen LogP contribution in [-0.4, -0.2) is 61.3 Å². The van der Waals surface area contributed by atoms with Crippen LogP contribution in [0.15, 0.2) is 30.3 Å². The lowest BCUT2D eigenvalue weighted by atomic mass is 9.68. The predicted molar refractivity (Wildman–Crippen MR) is 113 cm³/mol. The number of carboxylic acids is 4. The van der Waals surface area contributed by atoms with E-state index in [2.05, 4.69) is 26.6 Å². The minimum Gasteiger partial charge on any atom is -0.481 e. The third-order valence-corrected chi connectivity index (χ3v) is 5.58. The molecule has 0 saturated heterocycles. The van der Waals surface area contributed by atoms with Crippen molar-refractivity contribution < 1.29 is 44.4 Å². The molecule has 0 saturated carbocycles. The molecule has 1 unspecified atom stereocenters. The zero-order chi connectivity index (χ0) is 24.7. The Hall–Kier alpha value is -3.03. The van der Waals surface area contributed by atoms with Gasteiger partial charge < -0.3 is 31.5 Å². The molecule has 176 valence electrons. The van der Waals surface area contributed by atoms with E-state index in [0.29, 0.717) is 0 Å². The molecule has 12 nitrogen and oxygen atoms in total. The average Bonchev–Trinajstić information content (AvgIpc) is 2.58. The predicted octanol–water partition coefficient (Wildman–Crippen LogP) is 0.253. The van der Waals surface area contributed by atoms with E-state index < -0.39 is 71.1 Å². The lowest BCUT2D eigenvalue weighted by Crippen LogP contribution is -2.74. The molecule has 0 bridgehead atoms. The van der Waals surface area contributed by atoms with Gasteiger partial charge in [-0.3, -0.25) is 29.3 Å². The maximum Gasteiger partial charge on any atom is 0.305 e. The first kappa shape index (κ1) is 27.0. The van der Waals surface area contributed by atoms with E-state index in [1.807, 2.05) is 0 Å². The summed E-state index contributed by atoms with van der Waals surface area (Å²) >= 11 is 3.26. The molecule has 0 fully saturated rings. The van der Waals surface area contributed by atoms with Crippen molar-refractivity contribution in [2.24, 2.45) is 5.73 Å². The molecule has 0 aliphatic heterocycles. The molecule has 0 aliphatic rings. The van der Waals surface area contributed by atoms with Gasteiger partial charge in [-0.25, -0.2) is 0 Å². The van der Waals surface area contributed by atoms with E-state index in [0.717, 1.165) is 6.92 Å². The van der Waals surface area contributed by atoms with E-state index in [-0.39, 0.29) is 5.56 Å². The maximum atomic E-state index is 11.9. The van der Waals surface area contributed by atoms with Crippen LogP contribution in [0, 0.1) is 0 Å². The van der Waals surface area contributed by atoms with Crippen LogP contribution in [0.1, 0.15) is 38.2 Å². The van der Waals surface area contributed by atoms with Gasteiger partial charge in [-0.2, -0.15) is 0 Å². The van der Waals surface area contributed by atoms with E-state index in [9.17, 15) is 44.4 Å². The molecular weight excluding hydrogens is 494 g/mol. The highest BCUT2D eigenvalue weighted by Gasteiger charge is 2.56. The summed E-state index contributed by atoms with van der Waals surface area (Å²) in [6.07, 6.45) is -4.30. The summed E-state index contributed by atoms with van der Waals surface area (Å²) in [5.74, 6) is -6.92. The van der Waals surface area contributed by atoms with Gasteiger partial charge in [-0.1, -0.05) is 30.3 Å². The molecule has 0 radical (unpaired) electrons. The van der Waals surface area contributed by atoms with Crippen molar-refractivity contribution >= 4 is 45.7 Å². The van der Waals surface area contributed by atoms with E-state index in [1.54, 1.807) is 18.2 Å². The van der Waals surface area contributed by atoms with Crippen LogP contribution in [0.3, 0.4) is 0 Å². The Labute approximate surface area is 190 Å². The third kappa shape index (κ3) is 7.00. The molecule has 1 rings (SSSR count). The number of nitrogens with two attached hydrogens (primary N) is 1. The lowest BCUT2D eigenvalue weighted by Gasteiger charge is -2.50. The zero-order valence-electron chi connectivity index (χ0n) is 17.0. The Morgan fingerprint density at radius 3 is 1.59 bits per heavy atom. The number of alkyl halides is 1. The Morgan fingerprint density at radius 2 is 1.25 bits per heavy atom. The van der Waals surface area contributed by atoms with Gasteiger partial charge in [-0.15, -0.1) is 0 Å². The second-order valence-electron chi connectivity index (χ2n) is 7.35. The average molecular weight is 518 g/mol. The molecule has 1 aromatic rings. The third-order valence-electron chi connectivity index (χ3n) is 4.72. The second kappa shape index (κ2) is 10.5. The van der Waals surface area contributed by atoms with Crippen molar-refractivity contribution in [1.29, 1.82) is 0 Å². The Kier molecular flexibility index (Phi) is 8.88. The van der Waals surface area contributed by atoms with Crippen molar-refractivity contribution in [3.63, 3.8) is 0 Å². The molecule has 32 heavy (non-hydrogen) atoms. The quantitative estimate of drug-likeness (QED) is 0.107. The van der Waals surface area contributed by atoms with Crippen molar-refractivity contribution in [3.05, 3.63) is 35.9 Å². The summed E-state index contributed by atoms with van der Waals surface area (Å²) in [5.41, 5.74) is 1.72. The summed E-state index contributed by atoms with van der Waals surface area (Å²) in [6, 6.07) is 7.83. The Bertz CT molecular complexity index is 861. The van der Waals surface area contributed by atoms with Crippen LogP contribution in [0.4, 0.5) is 0 Å². The maximum absolute atomic E-state index is 11.9. The number of halogens is 1. The van der Waals surface area contributed by atoms with Crippen LogP contribution >= 0.6 is 15.9 Å². The molecule has 1 aromatic carbocycles. The zero-order valence-corrected chi connectivity index (χ0v) is 18.6. The molecule has 0 heterocycles. The fourth-order valence-corrected chi connectivity index (χ4v) is 4.42. The summed E-state index contributed by atoms with van der Waals surface area (Å²) in [5, 5.41) is 43.0. The van der Waals surface area contributed by atoms with Gasteiger partial charge in [0.1, 0.15) is 0 Å². The number of nitrogens with one attached hydrogen (secondary N) is 2. The normalized spacial score (nSPS) is 13.6.